The number of H-pyrrole nitrogens is 1. The van der Waals surface area contributed by atoms with E-state index in [1.54, 1.807) is 17.5 Å². The van der Waals surface area contributed by atoms with E-state index >= 15 is 0 Å². The molecule has 3 aromatic heterocycles. The van der Waals surface area contributed by atoms with Crippen molar-refractivity contribution in [3.05, 3.63) is 69.5 Å². The molecule has 1 amide bonds. The molecule has 32 heavy (non-hydrogen) atoms. The molecular weight excluding hydrogens is 438 g/mol. The van der Waals surface area contributed by atoms with E-state index in [0.717, 1.165) is 0 Å². The van der Waals surface area contributed by atoms with Crippen LogP contribution in [0.4, 0.5) is 5.69 Å². The molecule has 0 radical (unpaired) electrons. The minimum absolute atomic E-state index is 0.0153. The Morgan fingerprint density at radius 2 is 1.97 bits per heavy atom. The molecule has 0 fully saturated rings. The highest BCUT2D eigenvalue weighted by molar-refractivity contribution is 7.17. The maximum absolute atomic E-state index is 12.9. The average molecular weight is 455 g/mol. The summed E-state index contributed by atoms with van der Waals surface area (Å²) in [7, 11) is 2.84. The number of carbonyl (C=O) groups excluding carboxylic acids is 2. The fourth-order valence-electron chi connectivity index (χ4n) is 2.94. The second-order valence-corrected chi connectivity index (χ2v) is 7.32. The third kappa shape index (κ3) is 4.18. The van der Waals surface area contributed by atoms with Crippen molar-refractivity contribution in [1.29, 1.82) is 0 Å². The minimum atomic E-state index is -0.770. The summed E-state index contributed by atoms with van der Waals surface area (Å²) in [5, 5.41) is 4.36. The molecule has 0 aliphatic rings. The van der Waals surface area contributed by atoms with E-state index in [0.29, 0.717) is 16.0 Å². The first-order chi connectivity index (χ1) is 15.5. The molecule has 0 bridgehead atoms. The number of aromatic amines is 1. The molecule has 0 atom stereocenters. The van der Waals surface area contributed by atoms with Gasteiger partial charge in [-0.3, -0.25) is 9.59 Å². The molecule has 0 saturated carbocycles. The summed E-state index contributed by atoms with van der Waals surface area (Å²) >= 11 is 1.27. The van der Waals surface area contributed by atoms with Crippen LogP contribution in [0.5, 0.6) is 11.5 Å². The fourth-order valence-corrected chi connectivity index (χ4v) is 3.67. The summed E-state index contributed by atoms with van der Waals surface area (Å²) in [6.07, 6.45) is 1.36. The summed E-state index contributed by atoms with van der Waals surface area (Å²) in [6.45, 7) is -0.278. The average Bonchev–Trinajstić information content (AvgIpc) is 3.49. The third-order valence-corrected chi connectivity index (χ3v) is 5.34. The molecule has 0 saturated heterocycles. The quantitative estimate of drug-likeness (QED) is 0.406. The number of anilines is 1. The van der Waals surface area contributed by atoms with Gasteiger partial charge in [-0.2, -0.15) is 0 Å². The number of methoxy groups -OCH3 is 2. The molecule has 0 unspecified atom stereocenters. The Hall–Kier alpha value is -4.12. The van der Waals surface area contributed by atoms with Gasteiger partial charge in [-0.1, -0.05) is 0 Å². The Balaban J connectivity index is 1.61. The lowest BCUT2D eigenvalue weighted by Crippen LogP contribution is -2.17. The first-order valence-electron chi connectivity index (χ1n) is 9.24. The van der Waals surface area contributed by atoms with E-state index in [9.17, 15) is 14.4 Å². The molecule has 164 valence electrons. The van der Waals surface area contributed by atoms with Crippen molar-refractivity contribution in [2.75, 3.05) is 19.5 Å². The number of thiophene rings is 1. The zero-order valence-electron chi connectivity index (χ0n) is 17.0. The number of nitrogens with one attached hydrogen (secondary N) is 2. The summed E-state index contributed by atoms with van der Waals surface area (Å²) in [5.41, 5.74) is 0.348. The van der Waals surface area contributed by atoms with Gasteiger partial charge in [-0.15, -0.1) is 11.3 Å². The number of ether oxygens (including phenoxy) is 3. The van der Waals surface area contributed by atoms with Gasteiger partial charge in [0.05, 0.1) is 37.3 Å². The highest BCUT2D eigenvalue weighted by Gasteiger charge is 2.21. The van der Waals surface area contributed by atoms with E-state index in [4.69, 9.17) is 18.6 Å². The van der Waals surface area contributed by atoms with Crippen LogP contribution in [0, 0.1) is 0 Å². The third-order valence-electron chi connectivity index (χ3n) is 4.44. The van der Waals surface area contributed by atoms with Gasteiger partial charge >= 0.3 is 5.97 Å². The van der Waals surface area contributed by atoms with Crippen molar-refractivity contribution in [2.45, 2.75) is 6.61 Å². The molecule has 4 aromatic rings. The highest BCUT2D eigenvalue weighted by atomic mass is 32.1. The minimum Gasteiger partial charge on any atom is -0.493 e. The zero-order chi connectivity index (χ0) is 22.7. The first kappa shape index (κ1) is 21.1. The van der Waals surface area contributed by atoms with Crippen LogP contribution in [-0.4, -0.2) is 36.1 Å². The molecule has 4 rings (SSSR count). The van der Waals surface area contributed by atoms with Crippen molar-refractivity contribution in [3.8, 4) is 11.5 Å². The lowest BCUT2D eigenvalue weighted by molar-refractivity contribution is 0.0463. The number of hydrogen-bond acceptors (Lipinski definition) is 9. The van der Waals surface area contributed by atoms with Crippen LogP contribution in [0.1, 0.15) is 26.7 Å². The lowest BCUT2D eigenvalue weighted by Gasteiger charge is -2.15. The largest absolute Gasteiger partial charge is 0.493 e. The number of aromatic nitrogens is 2. The van der Waals surface area contributed by atoms with Gasteiger partial charge in [0.25, 0.3) is 11.5 Å². The monoisotopic (exact) mass is 455 g/mol. The van der Waals surface area contributed by atoms with Gasteiger partial charge in [0.1, 0.15) is 17.1 Å². The summed E-state index contributed by atoms with van der Waals surface area (Å²) in [4.78, 5) is 44.3. The highest BCUT2D eigenvalue weighted by Crippen LogP contribution is 2.34. The normalized spacial score (nSPS) is 10.7. The Kier molecular flexibility index (Phi) is 5.90. The van der Waals surface area contributed by atoms with Crippen LogP contribution in [0.2, 0.25) is 0 Å². The van der Waals surface area contributed by atoms with Crippen molar-refractivity contribution in [2.24, 2.45) is 0 Å². The summed E-state index contributed by atoms with van der Waals surface area (Å²) in [6, 6.07) is 7.58. The van der Waals surface area contributed by atoms with E-state index in [2.05, 4.69) is 15.3 Å². The van der Waals surface area contributed by atoms with Crippen LogP contribution in [0.25, 0.3) is 10.2 Å². The molecule has 2 N–H and O–H groups in total. The number of nitrogens with zero attached hydrogens (tertiary/aromatic N) is 1. The molecule has 11 heteroatoms. The second-order valence-electron chi connectivity index (χ2n) is 6.41. The second kappa shape index (κ2) is 8.94. The van der Waals surface area contributed by atoms with Crippen LogP contribution in [0.3, 0.4) is 0 Å². The Morgan fingerprint density at radius 1 is 1.19 bits per heavy atom. The van der Waals surface area contributed by atoms with Gasteiger partial charge in [0.15, 0.2) is 17.3 Å². The smallest absolute Gasteiger partial charge is 0.340 e. The Labute approximate surface area is 184 Å². The Bertz CT molecular complexity index is 1340. The lowest BCUT2D eigenvalue weighted by atomic mass is 10.1. The van der Waals surface area contributed by atoms with E-state index in [1.807, 2.05) is 0 Å². The summed E-state index contributed by atoms with van der Waals surface area (Å²) in [5.74, 6) is -0.519. The fraction of sp³-hybridized carbons (Fsp3) is 0.143. The predicted molar refractivity (Wildman–Crippen MR) is 116 cm³/mol. The van der Waals surface area contributed by atoms with Gasteiger partial charge in [0, 0.05) is 12.1 Å². The van der Waals surface area contributed by atoms with E-state index in [-0.39, 0.29) is 40.8 Å². The van der Waals surface area contributed by atoms with Crippen molar-refractivity contribution in [3.63, 3.8) is 0 Å². The zero-order valence-corrected chi connectivity index (χ0v) is 17.8. The Morgan fingerprint density at radius 3 is 2.69 bits per heavy atom. The van der Waals surface area contributed by atoms with E-state index < -0.39 is 11.9 Å². The number of carbonyl (C=O) groups is 2. The molecule has 3 heterocycles. The molecule has 0 aliphatic heterocycles. The number of benzene rings is 1. The van der Waals surface area contributed by atoms with E-state index in [1.165, 1.54) is 50.0 Å². The van der Waals surface area contributed by atoms with Crippen LogP contribution < -0.4 is 20.3 Å². The number of rotatable bonds is 7. The topological polar surface area (TPSA) is 133 Å². The number of esters is 1. The summed E-state index contributed by atoms with van der Waals surface area (Å²) < 4.78 is 21.4. The van der Waals surface area contributed by atoms with Crippen LogP contribution in [-0.2, 0) is 11.3 Å². The van der Waals surface area contributed by atoms with Crippen LogP contribution in [0.15, 0.2) is 51.2 Å². The van der Waals surface area contributed by atoms with Gasteiger partial charge < -0.3 is 28.9 Å². The number of hydrogen-bond donors (Lipinski definition) is 2. The molecular formula is C21H17N3O7S. The number of fused-ring (bicyclic) bond motifs is 1. The maximum atomic E-state index is 12.9. The van der Waals surface area contributed by atoms with Crippen LogP contribution >= 0.6 is 11.3 Å². The molecule has 10 nitrogen and oxygen atoms in total. The molecule has 0 spiro atoms. The van der Waals surface area contributed by atoms with Crippen molar-refractivity contribution in [1.82, 2.24) is 9.97 Å². The SMILES string of the molecule is COc1cc(NC(=O)c2ccco2)c(C(=O)OCc2nc3ccsc3c(=O)[nH]2)cc1OC. The predicted octanol–water partition coefficient (Wildman–Crippen LogP) is 3.20. The van der Waals surface area contributed by atoms with Crippen molar-refractivity contribution < 1.29 is 28.2 Å². The number of furan rings is 1. The van der Waals surface area contributed by atoms with Gasteiger partial charge in [-0.25, -0.2) is 9.78 Å². The maximum Gasteiger partial charge on any atom is 0.340 e. The van der Waals surface area contributed by atoms with Gasteiger partial charge in [-0.05, 0) is 23.6 Å². The molecule has 1 aromatic carbocycles. The number of amides is 1. The van der Waals surface area contributed by atoms with Gasteiger partial charge in [0.2, 0.25) is 0 Å². The molecule has 0 aliphatic carbocycles. The first-order valence-corrected chi connectivity index (χ1v) is 10.1. The van der Waals surface area contributed by atoms with Crippen molar-refractivity contribution >= 4 is 39.1 Å². The standard InChI is InChI=1S/C21H17N3O7S/c1-28-15-8-11(13(9-16(15)29-2)23-19(25)14-4-3-6-30-14)21(27)31-10-17-22-12-5-7-32-18(12)20(26)24-17/h3-9H,10H2,1-2H3,(H,23,25)(H,22,24,26).